The summed E-state index contributed by atoms with van der Waals surface area (Å²) in [7, 11) is 0. The maximum absolute atomic E-state index is 12.6. The van der Waals surface area contributed by atoms with E-state index in [-0.39, 0.29) is 24.0 Å². The number of aromatic hydroxyl groups is 1. The van der Waals surface area contributed by atoms with Crippen LogP contribution in [-0.2, 0) is 11.3 Å². The first kappa shape index (κ1) is 18.9. The first-order valence-corrected chi connectivity index (χ1v) is 8.98. The minimum atomic E-state index is -0.269. The zero-order chi connectivity index (χ0) is 19.2. The number of aryl methyl sites for hydroxylation is 1. The summed E-state index contributed by atoms with van der Waals surface area (Å²) in [5.74, 6) is -0.250. The zero-order valence-electron chi connectivity index (χ0n) is 14.9. The van der Waals surface area contributed by atoms with Crippen molar-refractivity contribution in [3.05, 3.63) is 88.5 Å². The van der Waals surface area contributed by atoms with E-state index < -0.39 is 0 Å². The van der Waals surface area contributed by atoms with Crippen molar-refractivity contribution in [2.24, 2.45) is 0 Å². The number of hydrogen-bond donors (Lipinski definition) is 2. The van der Waals surface area contributed by atoms with Crippen molar-refractivity contribution >= 4 is 17.5 Å². The van der Waals surface area contributed by atoms with Gasteiger partial charge in [0.15, 0.2) is 0 Å². The number of carbonyl (C=O) groups is 1. The number of rotatable bonds is 6. The molecule has 5 nitrogen and oxygen atoms in total. The fourth-order valence-corrected chi connectivity index (χ4v) is 3.13. The van der Waals surface area contributed by atoms with Crippen LogP contribution in [0.5, 0.6) is 5.75 Å². The lowest BCUT2D eigenvalue weighted by Gasteiger charge is -2.19. The fraction of sp³-hybridized carbons (Fsp3) is 0.190. The van der Waals surface area contributed by atoms with E-state index in [0.29, 0.717) is 17.3 Å². The molecule has 2 aromatic carbocycles. The topological polar surface area (TPSA) is 75.1 Å². The molecule has 1 amide bonds. The molecule has 27 heavy (non-hydrogen) atoms. The number of nitrogens with zero attached hydrogens (tertiary/aromatic N) is 2. The lowest BCUT2D eigenvalue weighted by atomic mass is 9.88. The van der Waals surface area contributed by atoms with Gasteiger partial charge in [-0.3, -0.25) is 14.8 Å². The van der Waals surface area contributed by atoms with E-state index in [2.05, 4.69) is 15.3 Å². The van der Waals surface area contributed by atoms with Gasteiger partial charge in [-0.1, -0.05) is 41.9 Å². The number of phenolic OH excluding ortho intramolecular Hbond substituents is 1. The molecule has 6 heteroatoms. The van der Waals surface area contributed by atoms with Gasteiger partial charge in [0.25, 0.3) is 0 Å². The number of aromatic nitrogens is 2. The molecule has 1 heterocycles. The Bertz CT molecular complexity index is 929. The molecule has 1 atom stereocenters. The van der Waals surface area contributed by atoms with Gasteiger partial charge in [0.1, 0.15) is 5.75 Å². The van der Waals surface area contributed by atoms with Crippen LogP contribution in [0, 0.1) is 6.92 Å². The summed E-state index contributed by atoms with van der Waals surface area (Å²) in [5.41, 5.74) is 3.19. The summed E-state index contributed by atoms with van der Waals surface area (Å²) >= 11 is 6.37. The molecule has 0 radical (unpaired) electrons. The van der Waals surface area contributed by atoms with Crippen molar-refractivity contribution < 1.29 is 9.90 Å². The molecule has 1 aromatic heterocycles. The van der Waals surface area contributed by atoms with Crippen molar-refractivity contribution in [1.82, 2.24) is 15.3 Å². The highest BCUT2D eigenvalue weighted by Crippen LogP contribution is 2.34. The molecular formula is C21H20ClN3O2. The van der Waals surface area contributed by atoms with E-state index in [9.17, 15) is 9.90 Å². The normalized spacial score (nSPS) is 11.8. The Morgan fingerprint density at radius 3 is 2.67 bits per heavy atom. The molecule has 0 aliphatic heterocycles. The molecule has 0 aliphatic rings. The van der Waals surface area contributed by atoms with Crippen molar-refractivity contribution in [3.63, 3.8) is 0 Å². The Labute approximate surface area is 163 Å². The molecular weight excluding hydrogens is 362 g/mol. The molecule has 0 saturated heterocycles. The highest BCUT2D eigenvalue weighted by molar-refractivity contribution is 6.31. The largest absolute Gasteiger partial charge is 0.508 e. The monoisotopic (exact) mass is 381 g/mol. The minimum Gasteiger partial charge on any atom is -0.508 e. The molecule has 0 bridgehead atoms. The second-order valence-electron chi connectivity index (χ2n) is 6.30. The number of halogens is 1. The van der Waals surface area contributed by atoms with Crippen LogP contribution >= 0.6 is 11.6 Å². The fourth-order valence-electron chi connectivity index (χ4n) is 2.86. The third kappa shape index (κ3) is 5.05. The van der Waals surface area contributed by atoms with E-state index in [1.807, 2.05) is 31.2 Å². The van der Waals surface area contributed by atoms with Crippen LogP contribution in [0.2, 0.25) is 5.02 Å². The quantitative estimate of drug-likeness (QED) is 0.677. The third-order valence-electron chi connectivity index (χ3n) is 4.24. The summed E-state index contributed by atoms with van der Waals surface area (Å²) in [6.45, 7) is 2.17. The van der Waals surface area contributed by atoms with Crippen molar-refractivity contribution in [3.8, 4) is 5.75 Å². The molecule has 0 fully saturated rings. The Morgan fingerprint density at radius 1 is 1.15 bits per heavy atom. The molecule has 0 unspecified atom stereocenters. The summed E-state index contributed by atoms with van der Waals surface area (Å²) in [6.07, 6.45) is 3.52. The molecule has 3 rings (SSSR count). The number of amides is 1. The zero-order valence-corrected chi connectivity index (χ0v) is 15.6. The molecule has 0 aliphatic carbocycles. The predicted octanol–water partition coefficient (Wildman–Crippen LogP) is 3.98. The van der Waals surface area contributed by atoms with Crippen LogP contribution in [0.4, 0.5) is 0 Å². The Balaban J connectivity index is 1.78. The molecule has 0 saturated carbocycles. The lowest BCUT2D eigenvalue weighted by Crippen LogP contribution is -2.25. The summed E-state index contributed by atoms with van der Waals surface area (Å²) in [5, 5.41) is 13.3. The van der Waals surface area contributed by atoms with Gasteiger partial charge >= 0.3 is 0 Å². The average molecular weight is 382 g/mol. The molecule has 3 aromatic rings. The van der Waals surface area contributed by atoms with Gasteiger partial charge in [0.2, 0.25) is 5.91 Å². The summed E-state index contributed by atoms with van der Waals surface area (Å²) in [6, 6.07) is 14.3. The van der Waals surface area contributed by atoms with E-state index in [1.54, 1.807) is 36.7 Å². The van der Waals surface area contributed by atoms with Gasteiger partial charge in [-0.25, -0.2) is 0 Å². The third-order valence-corrected chi connectivity index (χ3v) is 4.59. The second kappa shape index (κ2) is 8.64. The number of phenols is 1. The highest BCUT2D eigenvalue weighted by Gasteiger charge is 2.21. The van der Waals surface area contributed by atoms with E-state index in [1.165, 1.54) is 0 Å². The molecule has 2 N–H and O–H groups in total. The number of nitrogens with one attached hydrogen (secondary N) is 1. The van der Waals surface area contributed by atoms with Crippen molar-refractivity contribution in [2.45, 2.75) is 25.8 Å². The molecule has 138 valence electrons. The lowest BCUT2D eigenvalue weighted by molar-refractivity contribution is -0.121. The SMILES string of the molecule is Cc1cnc(CNC(=O)C[C@@H](c2cccc(O)c2)c2ccccc2Cl)cn1. The predicted molar refractivity (Wildman–Crippen MR) is 105 cm³/mol. The van der Waals surface area contributed by atoms with Gasteiger partial charge < -0.3 is 10.4 Å². The number of benzene rings is 2. The van der Waals surface area contributed by atoms with Crippen LogP contribution < -0.4 is 5.32 Å². The highest BCUT2D eigenvalue weighted by atomic mass is 35.5. The van der Waals surface area contributed by atoms with Gasteiger partial charge in [0.05, 0.1) is 24.1 Å². The maximum atomic E-state index is 12.6. The summed E-state index contributed by atoms with van der Waals surface area (Å²) in [4.78, 5) is 21.0. The summed E-state index contributed by atoms with van der Waals surface area (Å²) < 4.78 is 0. The smallest absolute Gasteiger partial charge is 0.221 e. The van der Waals surface area contributed by atoms with E-state index in [0.717, 1.165) is 16.8 Å². The van der Waals surface area contributed by atoms with Gasteiger partial charge in [-0.05, 0) is 36.2 Å². The van der Waals surface area contributed by atoms with Crippen LogP contribution in [0.15, 0.2) is 60.9 Å². The Kier molecular flexibility index (Phi) is 6.04. The van der Waals surface area contributed by atoms with Crippen LogP contribution in [0.25, 0.3) is 0 Å². The number of hydrogen-bond acceptors (Lipinski definition) is 4. The van der Waals surface area contributed by atoms with Gasteiger partial charge in [-0.2, -0.15) is 0 Å². The standard InChI is InChI=1S/C21H20ClN3O2/c1-14-11-24-16(12-23-14)13-25-21(27)10-19(15-5-4-6-17(26)9-15)18-7-2-3-8-20(18)22/h2-9,11-12,19,26H,10,13H2,1H3,(H,25,27)/t19-/m0/s1. The van der Waals surface area contributed by atoms with Crippen molar-refractivity contribution in [2.75, 3.05) is 0 Å². The van der Waals surface area contributed by atoms with Crippen molar-refractivity contribution in [1.29, 1.82) is 0 Å². The van der Waals surface area contributed by atoms with Crippen LogP contribution in [0.3, 0.4) is 0 Å². The minimum absolute atomic E-state index is 0.134. The molecule has 0 spiro atoms. The average Bonchev–Trinajstić information content (AvgIpc) is 2.66. The van der Waals surface area contributed by atoms with Gasteiger partial charge in [-0.15, -0.1) is 0 Å². The maximum Gasteiger partial charge on any atom is 0.221 e. The van der Waals surface area contributed by atoms with Crippen LogP contribution in [-0.4, -0.2) is 21.0 Å². The Morgan fingerprint density at radius 2 is 1.96 bits per heavy atom. The van der Waals surface area contributed by atoms with E-state index in [4.69, 9.17) is 11.6 Å². The number of carbonyl (C=O) groups excluding carboxylic acids is 1. The van der Waals surface area contributed by atoms with E-state index >= 15 is 0 Å². The van der Waals surface area contributed by atoms with Gasteiger partial charge in [0, 0.05) is 23.6 Å². The first-order valence-electron chi connectivity index (χ1n) is 8.60. The Hall–Kier alpha value is -2.92. The first-order chi connectivity index (χ1) is 13.0. The second-order valence-corrected chi connectivity index (χ2v) is 6.71. The van der Waals surface area contributed by atoms with Crippen LogP contribution in [0.1, 0.15) is 34.9 Å².